The van der Waals surface area contributed by atoms with E-state index in [1.54, 1.807) is 11.3 Å². The zero-order chi connectivity index (χ0) is 19.1. The molecule has 4 aromatic heterocycles. The first kappa shape index (κ1) is 17.5. The Hall–Kier alpha value is -2.55. The van der Waals surface area contributed by atoms with Gasteiger partial charge in [0.25, 0.3) is 0 Å². The van der Waals surface area contributed by atoms with Gasteiger partial charge in [0.1, 0.15) is 5.69 Å². The fraction of sp³-hybridized carbons (Fsp3) is 0.350. The lowest BCUT2D eigenvalue weighted by molar-refractivity contribution is 0.0889. The minimum absolute atomic E-state index is 0.231. The predicted octanol–water partition coefficient (Wildman–Crippen LogP) is 2.68. The molecule has 1 aliphatic rings. The zero-order valence-corrected chi connectivity index (χ0v) is 16.9. The summed E-state index contributed by atoms with van der Waals surface area (Å²) in [5.41, 5.74) is 5.77. The molecule has 0 amide bonds. The summed E-state index contributed by atoms with van der Waals surface area (Å²) in [5, 5.41) is 17.5. The molecule has 28 heavy (non-hydrogen) atoms. The van der Waals surface area contributed by atoms with Gasteiger partial charge in [-0.15, -0.1) is 5.10 Å². The summed E-state index contributed by atoms with van der Waals surface area (Å²) in [6, 6.07) is 6.68. The van der Waals surface area contributed by atoms with Gasteiger partial charge in [0.15, 0.2) is 0 Å². The van der Waals surface area contributed by atoms with Crippen LogP contribution in [0.25, 0.3) is 16.6 Å². The van der Waals surface area contributed by atoms with Crippen LogP contribution in [0.1, 0.15) is 17.3 Å². The maximum absolute atomic E-state index is 4.57. The molecule has 7 nitrogen and oxygen atoms in total. The number of hydrogen-bond acceptors (Lipinski definition) is 6. The van der Waals surface area contributed by atoms with E-state index in [1.807, 2.05) is 22.4 Å². The molecule has 0 aliphatic carbocycles. The number of likely N-dealkylation sites (N-methyl/N-ethyl adjacent to an activating group) is 1. The second kappa shape index (κ2) is 7.12. The minimum atomic E-state index is 0.231. The number of thiophene rings is 1. The Morgan fingerprint density at radius 3 is 2.82 bits per heavy atom. The van der Waals surface area contributed by atoms with Gasteiger partial charge in [0.2, 0.25) is 0 Å². The third-order valence-corrected chi connectivity index (χ3v) is 6.19. The largest absolute Gasteiger partial charge is 0.296 e. The monoisotopic (exact) mass is 393 g/mol. The average Bonchev–Trinajstić information content (AvgIpc) is 3.44. The number of aryl methyl sites for hydroxylation is 1. The molecule has 1 atom stereocenters. The van der Waals surface area contributed by atoms with Crippen LogP contribution in [0.2, 0.25) is 0 Å². The van der Waals surface area contributed by atoms with E-state index in [0.717, 1.165) is 37.4 Å². The standard InChI is InChI=1S/C20H23N7S/c1-24-6-7-26(11-15-9-21-25(2)10-15)13-19(24)20-18-4-3-16(12-27(18)23-22-20)17-5-8-28-14-17/h3-5,8-10,12,14,19H,6-7,11,13H2,1-2H3/t19-/m1/s1. The second-order valence-electron chi connectivity index (χ2n) is 7.49. The molecule has 0 spiro atoms. The van der Waals surface area contributed by atoms with Crippen LogP contribution in [0.4, 0.5) is 0 Å². The molecule has 0 bridgehead atoms. The molecule has 5 rings (SSSR count). The average molecular weight is 394 g/mol. The van der Waals surface area contributed by atoms with Gasteiger partial charge < -0.3 is 0 Å². The number of nitrogens with zero attached hydrogens (tertiary/aromatic N) is 7. The smallest absolute Gasteiger partial charge is 0.109 e. The van der Waals surface area contributed by atoms with Crippen molar-refractivity contribution in [2.75, 3.05) is 26.7 Å². The molecule has 0 radical (unpaired) electrons. The van der Waals surface area contributed by atoms with Crippen molar-refractivity contribution in [1.82, 2.24) is 34.4 Å². The Morgan fingerprint density at radius 1 is 1.11 bits per heavy atom. The molecule has 1 aliphatic heterocycles. The Labute approximate surface area is 167 Å². The van der Waals surface area contributed by atoms with Crippen molar-refractivity contribution in [3.63, 3.8) is 0 Å². The van der Waals surface area contributed by atoms with E-state index >= 15 is 0 Å². The predicted molar refractivity (Wildman–Crippen MR) is 110 cm³/mol. The van der Waals surface area contributed by atoms with Gasteiger partial charge in [-0.1, -0.05) is 11.3 Å². The molecule has 0 aromatic carbocycles. The molecular weight excluding hydrogens is 370 g/mol. The van der Waals surface area contributed by atoms with Gasteiger partial charge in [-0.3, -0.25) is 14.5 Å². The van der Waals surface area contributed by atoms with Gasteiger partial charge in [-0.25, -0.2) is 4.52 Å². The van der Waals surface area contributed by atoms with Crippen LogP contribution < -0.4 is 0 Å². The summed E-state index contributed by atoms with van der Waals surface area (Å²) in [5.74, 6) is 0. The summed E-state index contributed by atoms with van der Waals surface area (Å²) in [6.07, 6.45) is 6.11. The van der Waals surface area contributed by atoms with Crippen LogP contribution in [-0.2, 0) is 13.6 Å². The van der Waals surface area contributed by atoms with Gasteiger partial charge in [-0.2, -0.15) is 16.4 Å². The molecular formula is C20H23N7S. The summed E-state index contributed by atoms with van der Waals surface area (Å²) in [6.45, 7) is 3.91. The van der Waals surface area contributed by atoms with Crippen LogP contribution in [0.5, 0.6) is 0 Å². The normalized spacial score (nSPS) is 18.9. The van der Waals surface area contributed by atoms with Crippen molar-refractivity contribution in [3.8, 4) is 11.1 Å². The van der Waals surface area contributed by atoms with Crippen molar-refractivity contribution >= 4 is 16.9 Å². The van der Waals surface area contributed by atoms with Crippen LogP contribution in [0, 0.1) is 0 Å². The second-order valence-corrected chi connectivity index (χ2v) is 8.27. The quantitative estimate of drug-likeness (QED) is 0.534. The van der Waals surface area contributed by atoms with Gasteiger partial charge >= 0.3 is 0 Å². The highest BCUT2D eigenvalue weighted by Crippen LogP contribution is 2.28. The Bertz CT molecular complexity index is 1080. The molecule has 1 fully saturated rings. The third-order valence-electron chi connectivity index (χ3n) is 5.51. The summed E-state index contributed by atoms with van der Waals surface area (Å²) in [4.78, 5) is 4.86. The lowest BCUT2D eigenvalue weighted by Gasteiger charge is -2.38. The van der Waals surface area contributed by atoms with Gasteiger partial charge in [-0.05, 0) is 35.5 Å². The van der Waals surface area contributed by atoms with E-state index < -0.39 is 0 Å². The highest BCUT2D eigenvalue weighted by atomic mass is 32.1. The highest BCUT2D eigenvalue weighted by Gasteiger charge is 2.29. The van der Waals surface area contributed by atoms with E-state index in [9.17, 15) is 0 Å². The van der Waals surface area contributed by atoms with E-state index in [0.29, 0.717) is 0 Å². The van der Waals surface area contributed by atoms with Crippen LogP contribution in [0.15, 0.2) is 47.5 Å². The fourth-order valence-electron chi connectivity index (χ4n) is 3.93. The number of rotatable bonds is 4. The molecule has 0 N–H and O–H groups in total. The van der Waals surface area contributed by atoms with Gasteiger partial charge in [0.05, 0.1) is 17.8 Å². The summed E-state index contributed by atoms with van der Waals surface area (Å²) < 4.78 is 3.77. The van der Waals surface area contributed by atoms with Crippen molar-refractivity contribution < 1.29 is 0 Å². The Morgan fingerprint density at radius 2 is 2.04 bits per heavy atom. The van der Waals surface area contributed by atoms with E-state index in [4.69, 9.17) is 0 Å². The third kappa shape index (κ3) is 3.23. The summed E-state index contributed by atoms with van der Waals surface area (Å²) >= 11 is 1.71. The number of fused-ring (bicyclic) bond motifs is 1. The maximum Gasteiger partial charge on any atom is 0.109 e. The molecule has 0 unspecified atom stereocenters. The van der Waals surface area contributed by atoms with E-state index in [-0.39, 0.29) is 6.04 Å². The highest BCUT2D eigenvalue weighted by molar-refractivity contribution is 7.08. The fourth-order valence-corrected chi connectivity index (χ4v) is 4.60. The molecule has 5 heterocycles. The van der Waals surface area contributed by atoms with Crippen molar-refractivity contribution in [1.29, 1.82) is 0 Å². The lowest BCUT2D eigenvalue weighted by Crippen LogP contribution is -2.46. The molecule has 0 saturated carbocycles. The SMILES string of the molecule is CN1CCN(Cc2cnn(C)c2)C[C@@H]1c1nnn2cc(-c3ccsc3)ccc12. The first-order valence-corrected chi connectivity index (χ1v) is 10.4. The number of aromatic nitrogens is 5. The minimum Gasteiger partial charge on any atom is -0.296 e. The Kier molecular flexibility index (Phi) is 4.46. The molecule has 4 aromatic rings. The van der Waals surface area contributed by atoms with Gasteiger partial charge in [0, 0.05) is 56.7 Å². The maximum atomic E-state index is 4.57. The number of hydrogen-bond donors (Lipinski definition) is 0. The summed E-state index contributed by atoms with van der Waals surface area (Å²) in [7, 11) is 4.14. The van der Waals surface area contributed by atoms with Crippen molar-refractivity contribution in [3.05, 3.63) is 58.8 Å². The number of pyridine rings is 1. The molecule has 144 valence electrons. The lowest BCUT2D eigenvalue weighted by atomic mass is 10.1. The van der Waals surface area contributed by atoms with Crippen molar-refractivity contribution in [2.45, 2.75) is 12.6 Å². The van der Waals surface area contributed by atoms with Crippen LogP contribution in [-0.4, -0.2) is 61.1 Å². The number of piperazine rings is 1. The van der Waals surface area contributed by atoms with E-state index in [2.05, 4.69) is 73.6 Å². The topological polar surface area (TPSA) is 54.5 Å². The Balaban J connectivity index is 1.41. The first-order chi connectivity index (χ1) is 13.7. The van der Waals surface area contributed by atoms with Crippen molar-refractivity contribution in [2.24, 2.45) is 7.05 Å². The van der Waals surface area contributed by atoms with Crippen LogP contribution >= 0.6 is 11.3 Å². The molecule has 8 heteroatoms. The van der Waals surface area contributed by atoms with Crippen LogP contribution in [0.3, 0.4) is 0 Å². The zero-order valence-electron chi connectivity index (χ0n) is 16.1. The van der Waals surface area contributed by atoms with E-state index in [1.165, 1.54) is 16.7 Å². The molecule has 1 saturated heterocycles. The first-order valence-electron chi connectivity index (χ1n) is 9.45.